The molecule has 0 heterocycles. The van der Waals surface area contributed by atoms with Crippen LogP contribution < -0.4 is 0 Å². The molecule has 4 aliphatic rings. The summed E-state index contributed by atoms with van der Waals surface area (Å²) < 4.78 is 0. The Balaban J connectivity index is 1.69. The van der Waals surface area contributed by atoms with Crippen molar-refractivity contribution in [3.8, 4) is 0 Å². The third-order valence-corrected chi connectivity index (χ3v) is 8.29. The fourth-order valence-electron chi connectivity index (χ4n) is 7.43. The SMILES string of the molecule is C[C@@]12CCC[C@H]1[C@@H]1CC[C@H]3CCCC[C@]3(C)[C@H]1[C@H](O)C2. The van der Waals surface area contributed by atoms with Gasteiger partial charge >= 0.3 is 0 Å². The lowest BCUT2D eigenvalue weighted by molar-refractivity contribution is -0.162. The van der Waals surface area contributed by atoms with Crippen molar-refractivity contribution in [1.82, 2.24) is 0 Å². The Morgan fingerprint density at radius 2 is 1.75 bits per heavy atom. The van der Waals surface area contributed by atoms with Crippen molar-refractivity contribution in [3.63, 3.8) is 0 Å². The van der Waals surface area contributed by atoms with E-state index < -0.39 is 0 Å². The second-order valence-electron chi connectivity index (χ2n) is 9.14. The molecule has 0 bridgehead atoms. The maximum atomic E-state index is 11.0. The van der Waals surface area contributed by atoms with Crippen LogP contribution in [0.1, 0.15) is 78.1 Å². The van der Waals surface area contributed by atoms with E-state index in [9.17, 15) is 5.11 Å². The topological polar surface area (TPSA) is 20.2 Å². The monoisotopic (exact) mass is 276 g/mol. The van der Waals surface area contributed by atoms with Gasteiger partial charge in [-0.1, -0.05) is 33.1 Å². The summed E-state index contributed by atoms with van der Waals surface area (Å²) >= 11 is 0. The number of aliphatic hydroxyl groups excluding tert-OH is 1. The molecule has 4 fully saturated rings. The molecule has 1 nitrogen and oxygen atoms in total. The van der Waals surface area contributed by atoms with Crippen molar-refractivity contribution >= 4 is 0 Å². The molecule has 0 aliphatic heterocycles. The van der Waals surface area contributed by atoms with Crippen LogP contribution in [0, 0.1) is 34.5 Å². The summed E-state index contributed by atoms with van der Waals surface area (Å²) in [6.45, 7) is 5.04. The minimum Gasteiger partial charge on any atom is -0.393 e. The first-order valence-electron chi connectivity index (χ1n) is 9.23. The summed E-state index contributed by atoms with van der Waals surface area (Å²) in [5, 5.41) is 11.0. The van der Waals surface area contributed by atoms with E-state index >= 15 is 0 Å². The first-order chi connectivity index (χ1) is 9.55. The van der Waals surface area contributed by atoms with Gasteiger partial charge in [0.25, 0.3) is 0 Å². The molecule has 4 saturated carbocycles. The average molecular weight is 276 g/mol. The van der Waals surface area contributed by atoms with E-state index in [-0.39, 0.29) is 6.10 Å². The lowest BCUT2D eigenvalue weighted by Gasteiger charge is -2.61. The predicted molar refractivity (Wildman–Crippen MR) is 82.4 cm³/mol. The number of aliphatic hydroxyl groups is 1. The molecule has 114 valence electrons. The van der Waals surface area contributed by atoms with E-state index in [2.05, 4.69) is 13.8 Å². The van der Waals surface area contributed by atoms with Crippen LogP contribution >= 0.6 is 0 Å². The van der Waals surface area contributed by atoms with Crippen LogP contribution in [0.25, 0.3) is 0 Å². The van der Waals surface area contributed by atoms with E-state index in [1.54, 1.807) is 0 Å². The zero-order valence-corrected chi connectivity index (χ0v) is 13.4. The van der Waals surface area contributed by atoms with E-state index in [0.717, 1.165) is 24.2 Å². The van der Waals surface area contributed by atoms with E-state index in [0.29, 0.717) is 16.7 Å². The van der Waals surface area contributed by atoms with Crippen LogP contribution in [0.15, 0.2) is 0 Å². The molecule has 0 aromatic heterocycles. The van der Waals surface area contributed by atoms with Crippen molar-refractivity contribution in [2.24, 2.45) is 34.5 Å². The molecule has 0 radical (unpaired) electrons. The van der Waals surface area contributed by atoms with Crippen LogP contribution in [0.4, 0.5) is 0 Å². The first-order valence-corrected chi connectivity index (χ1v) is 9.23. The average Bonchev–Trinajstić information content (AvgIpc) is 2.78. The Bertz CT molecular complexity index is 391. The number of hydrogen-bond acceptors (Lipinski definition) is 1. The largest absolute Gasteiger partial charge is 0.393 e. The zero-order chi connectivity index (χ0) is 14.0. The van der Waals surface area contributed by atoms with Crippen molar-refractivity contribution < 1.29 is 5.11 Å². The fraction of sp³-hybridized carbons (Fsp3) is 1.00. The van der Waals surface area contributed by atoms with Gasteiger partial charge in [-0.15, -0.1) is 0 Å². The Morgan fingerprint density at radius 3 is 2.60 bits per heavy atom. The van der Waals surface area contributed by atoms with Gasteiger partial charge in [0.05, 0.1) is 6.10 Å². The van der Waals surface area contributed by atoms with Gasteiger partial charge in [0, 0.05) is 0 Å². The molecule has 4 rings (SSSR count). The summed E-state index contributed by atoms with van der Waals surface area (Å²) in [7, 11) is 0. The third kappa shape index (κ3) is 1.71. The summed E-state index contributed by atoms with van der Waals surface area (Å²) in [5.41, 5.74) is 0.933. The van der Waals surface area contributed by atoms with Crippen molar-refractivity contribution in [2.75, 3.05) is 0 Å². The molecule has 0 aromatic rings. The van der Waals surface area contributed by atoms with Crippen LogP contribution in [-0.2, 0) is 0 Å². The summed E-state index contributed by atoms with van der Waals surface area (Å²) in [6.07, 6.45) is 13.9. The lowest BCUT2D eigenvalue weighted by Crippen LogP contribution is -2.57. The van der Waals surface area contributed by atoms with Gasteiger partial charge in [-0.05, 0) is 79.4 Å². The van der Waals surface area contributed by atoms with E-state index in [4.69, 9.17) is 0 Å². The first kappa shape index (κ1) is 13.6. The second kappa shape index (κ2) is 4.48. The third-order valence-electron chi connectivity index (χ3n) is 8.29. The van der Waals surface area contributed by atoms with E-state index in [1.807, 2.05) is 0 Å². The van der Waals surface area contributed by atoms with Gasteiger partial charge in [0.1, 0.15) is 0 Å². The van der Waals surface area contributed by atoms with Crippen LogP contribution in [0.5, 0.6) is 0 Å². The van der Waals surface area contributed by atoms with E-state index in [1.165, 1.54) is 57.8 Å². The highest BCUT2D eigenvalue weighted by Gasteiger charge is 2.60. The highest BCUT2D eigenvalue weighted by Crippen LogP contribution is 2.66. The van der Waals surface area contributed by atoms with Crippen molar-refractivity contribution in [3.05, 3.63) is 0 Å². The summed E-state index contributed by atoms with van der Waals surface area (Å²) in [5.74, 6) is 3.30. The molecular formula is C19H32O. The fourth-order valence-corrected chi connectivity index (χ4v) is 7.43. The molecule has 4 aliphatic carbocycles. The minimum atomic E-state index is -0.00903. The molecular weight excluding hydrogens is 244 g/mol. The predicted octanol–water partition coefficient (Wildman–Crippen LogP) is 4.78. The maximum absolute atomic E-state index is 11.0. The molecule has 20 heavy (non-hydrogen) atoms. The van der Waals surface area contributed by atoms with Gasteiger partial charge in [-0.25, -0.2) is 0 Å². The van der Waals surface area contributed by atoms with Gasteiger partial charge in [0.15, 0.2) is 0 Å². The molecule has 0 aromatic carbocycles. The van der Waals surface area contributed by atoms with Gasteiger partial charge in [-0.2, -0.15) is 0 Å². The highest BCUT2D eigenvalue weighted by molar-refractivity contribution is 5.09. The highest BCUT2D eigenvalue weighted by atomic mass is 16.3. The second-order valence-corrected chi connectivity index (χ2v) is 9.14. The van der Waals surface area contributed by atoms with Gasteiger partial charge < -0.3 is 5.11 Å². The van der Waals surface area contributed by atoms with Crippen molar-refractivity contribution in [2.45, 2.75) is 84.2 Å². The molecule has 0 unspecified atom stereocenters. The Morgan fingerprint density at radius 1 is 0.900 bits per heavy atom. The normalized spacial score (nSPS) is 58.6. The Labute approximate surface area is 124 Å². The zero-order valence-electron chi connectivity index (χ0n) is 13.4. The van der Waals surface area contributed by atoms with Crippen molar-refractivity contribution in [1.29, 1.82) is 0 Å². The smallest absolute Gasteiger partial charge is 0.0581 e. The molecule has 1 N–H and O–H groups in total. The quantitative estimate of drug-likeness (QED) is 0.675. The number of fused-ring (bicyclic) bond motifs is 5. The molecule has 7 atom stereocenters. The molecule has 0 saturated heterocycles. The van der Waals surface area contributed by atoms with Crippen LogP contribution in [-0.4, -0.2) is 11.2 Å². The van der Waals surface area contributed by atoms with Gasteiger partial charge in [0.2, 0.25) is 0 Å². The molecule has 0 spiro atoms. The van der Waals surface area contributed by atoms with Crippen LogP contribution in [0.2, 0.25) is 0 Å². The molecule has 1 heteroatoms. The summed E-state index contributed by atoms with van der Waals surface area (Å²) in [4.78, 5) is 0. The standard InChI is InChI=1S/C19H32O/c1-18-10-5-7-15(18)14-9-8-13-6-3-4-11-19(13,2)17(14)16(20)12-18/h13-17,20H,3-12H2,1-2H3/t13-,14+,15+,16-,17-,18+,19+/m1/s1. The molecule has 0 amide bonds. The number of hydrogen-bond donors (Lipinski definition) is 1. The number of rotatable bonds is 0. The lowest BCUT2D eigenvalue weighted by atomic mass is 9.44. The minimum absolute atomic E-state index is 0.00903. The van der Waals surface area contributed by atoms with Gasteiger partial charge in [-0.3, -0.25) is 0 Å². The summed E-state index contributed by atoms with van der Waals surface area (Å²) in [6, 6.07) is 0. The Kier molecular flexibility index (Phi) is 3.05. The maximum Gasteiger partial charge on any atom is 0.0581 e. The van der Waals surface area contributed by atoms with Crippen LogP contribution in [0.3, 0.4) is 0 Å². The Hall–Kier alpha value is -0.0400.